The first-order valence-corrected chi connectivity index (χ1v) is 6.46. The van der Waals surface area contributed by atoms with Crippen molar-refractivity contribution in [3.63, 3.8) is 0 Å². The third kappa shape index (κ3) is 3.43. The van der Waals surface area contributed by atoms with Crippen molar-refractivity contribution < 1.29 is 4.74 Å². The van der Waals surface area contributed by atoms with Crippen LogP contribution in [0.25, 0.3) is 0 Å². The van der Waals surface area contributed by atoms with Gasteiger partial charge < -0.3 is 10.5 Å². The minimum absolute atomic E-state index is 0.768. The van der Waals surface area contributed by atoms with E-state index in [9.17, 15) is 0 Å². The van der Waals surface area contributed by atoms with Gasteiger partial charge in [-0.05, 0) is 44.2 Å². The van der Waals surface area contributed by atoms with E-state index in [4.69, 9.17) is 10.5 Å². The summed E-state index contributed by atoms with van der Waals surface area (Å²) >= 11 is 1.77. The SMILES string of the molecule is COc1cccc(SC)c1CCCCN. The standard InChI is InChI=1S/C12H19NOS/c1-14-11-7-5-8-12(15-2)10(11)6-3-4-9-13/h5,7-8H,3-4,6,9,13H2,1-2H3. The van der Waals surface area contributed by atoms with Crippen molar-refractivity contribution in [2.75, 3.05) is 19.9 Å². The Kier molecular flexibility index (Phi) is 5.58. The highest BCUT2D eigenvalue weighted by Crippen LogP contribution is 2.29. The Morgan fingerprint density at radius 2 is 2.13 bits per heavy atom. The second-order valence-corrected chi connectivity index (χ2v) is 4.23. The first-order valence-electron chi connectivity index (χ1n) is 5.23. The molecular weight excluding hydrogens is 206 g/mol. The molecule has 1 aromatic carbocycles. The third-order valence-corrected chi connectivity index (χ3v) is 3.23. The first kappa shape index (κ1) is 12.4. The average Bonchev–Trinajstić information content (AvgIpc) is 2.29. The number of ether oxygens (including phenoxy) is 1. The average molecular weight is 225 g/mol. The summed E-state index contributed by atoms with van der Waals surface area (Å²) in [6.45, 7) is 0.768. The number of nitrogens with two attached hydrogens (primary N) is 1. The first-order chi connectivity index (χ1) is 7.33. The van der Waals surface area contributed by atoms with Gasteiger partial charge in [-0.15, -0.1) is 11.8 Å². The highest BCUT2D eigenvalue weighted by atomic mass is 32.2. The van der Waals surface area contributed by atoms with Crippen LogP contribution in [0.4, 0.5) is 0 Å². The van der Waals surface area contributed by atoms with Crippen LogP contribution >= 0.6 is 11.8 Å². The van der Waals surface area contributed by atoms with Crippen molar-refractivity contribution in [2.45, 2.75) is 24.2 Å². The number of methoxy groups -OCH3 is 1. The third-order valence-electron chi connectivity index (χ3n) is 2.41. The summed E-state index contributed by atoms with van der Waals surface area (Å²) in [4.78, 5) is 1.31. The Hall–Kier alpha value is -0.670. The van der Waals surface area contributed by atoms with Gasteiger partial charge in [-0.3, -0.25) is 0 Å². The van der Waals surface area contributed by atoms with Crippen molar-refractivity contribution >= 4 is 11.8 Å². The normalized spacial score (nSPS) is 10.3. The largest absolute Gasteiger partial charge is 0.496 e. The van der Waals surface area contributed by atoms with E-state index in [1.165, 1.54) is 10.5 Å². The monoisotopic (exact) mass is 225 g/mol. The fraction of sp³-hybridized carbons (Fsp3) is 0.500. The summed E-state index contributed by atoms with van der Waals surface area (Å²) in [6.07, 6.45) is 5.36. The zero-order chi connectivity index (χ0) is 11.1. The molecule has 0 radical (unpaired) electrons. The predicted molar refractivity (Wildman–Crippen MR) is 66.8 cm³/mol. The van der Waals surface area contributed by atoms with E-state index in [2.05, 4.69) is 12.3 Å². The maximum Gasteiger partial charge on any atom is 0.123 e. The topological polar surface area (TPSA) is 35.2 Å². The van der Waals surface area contributed by atoms with Gasteiger partial charge in [0.15, 0.2) is 0 Å². The van der Waals surface area contributed by atoms with Crippen molar-refractivity contribution in [3.8, 4) is 5.75 Å². The highest BCUT2D eigenvalue weighted by Gasteiger charge is 2.07. The van der Waals surface area contributed by atoms with E-state index in [-0.39, 0.29) is 0 Å². The molecule has 2 nitrogen and oxygen atoms in total. The van der Waals surface area contributed by atoms with Gasteiger partial charge in [0.2, 0.25) is 0 Å². The van der Waals surface area contributed by atoms with Gasteiger partial charge >= 0.3 is 0 Å². The summed E-state index contributed by atoms with van der Waals surface area (Å²) in [5.74, 6) is 0.999. The molecule has 0 amide bonds. The highest BCUT2D eigenvalue weighted by molar-refractivity contribution is 7.98. The zero-order valence-corrected chi connectivity index (χ0v) is 10.3. The smallest absolute Gasteiger partial charge is 0.123 e. The Balaban J connectivity index is 2.80. The molecule has 0 unspecified atom stereocenters. The molecule has 0 saturated heterocycles. The maximum absolute atomic E-state index is 5.50. The van der Waals surface area contributed by atoms with Crippen molar-refractivity contribution in [1.29, 1.82) is 0 Å². The van der Waals surface area contributed by atoms with Crippen LogP contribution in [0.3, 0.4) is 0 Å². The van der Waals surface area contributed by atoms with Crippen LogP contribution in [-0.2, 0) is 6.42 Å². The fourth-order valence-corrected chi connectivity index (χ4v) is 2.28. The molecule has 2 N–H and O–H groups in total. The fourth-order valence-electron chi connectivity index (χ4n) is 1.62. The van der Waals surface area contributed by atoms with Gasteiger partial charge in [0.1, 0.15) is 5.75 Å². The van der Waals surface area contributed by atoms with Gasteiger partial charge in [-0.1, -0.05) is 6.07 Å². The van der Waals surface area contributed by atoms with E-state index < -0.39 is 0 Å². The van der Waals surface area contributed by atoms with Crippen molar-refractivity contribution in [1.82, 2.24) is 0 Å². The van der Waals surface area contributed by atoms with Crippen LogP contribution in [-0.4, -0.2) is 19.9 Å². The minimum atomic E-state index is 0.768. The van der Waals surface area contributed by atoms with Gasteiger partial charge in [-0.25, -0.2) is 0 Å². The van der Waals surface area contributed by atoms with E-state index in [0.29, 0.717) is 0 Å². The van der Waals surface area contributed by atoms with Gasteiger partial charge in [0, 0.05) is 10.5 Å². The van der Waals surface area contributed by atoms with Gasteiger partial charge in [-0.2, -0.15) is 0 Å². The molecule has 0 bridgehead atoms. The quantitative estimate of drug-likeness (QED) is 0.597. The molecule has 0 aromatic heterocycles. The minimum Gasteiger partial charge on any atom is -0.496 e. The van der Waals surface area contributed by atoms with Crippen molar-refractivity contribution in [3.05, 3.63) is 23.8 Å². The summed E-state index contributed by atoms with van der Waals surface area (Å²) in [5.41, 5.74) is 6.82. The number of benzene rings is 1. The van der Waals surface area contributed by atoms with Crippen LogP contribution < -0.4 is 10.5 Å². The second-order valence-electron chi connectivity index (χ2n) is 3.39. The molecule has 0 fully saturated rings. The number of rotatable bonds is 6. The molecule has 0 aliphatic rings. The molecule has 1 rings (SSSR count). The Bertz CT molecular complexity index is 279. The molecule has 0 atom stereocenters. The number of unbranched alkanes of at least 4 members (excludes halogenated alkanes) is 1. The molecule has 0 saturated carbocycles. The van der Waals surface area contributed by atoms with Crippen molar-refractivity contribution in [2.24, 2.45) is 5.73 Å². The molecule has 0 aliphatic heterocycles. The summed E-state index contributed by atoms with van der Waals surface area (Å²) < 4.78 is 5.37. The molecule has 84 valence electrons. The lowest BCUT2D eigenvalue weighted by Crippen LogP contribution is -2.00. The molecule has 3 heteroatoms. The lowest BCUT2D eigenvalue weighted by atomic mass is 10.1. The Labute approximate surface area is 96.2 Å². The lowest BCUT2D eigenvalue weighted by molar-refractivity contribution is 0.407. The lowest BCUT2D eigenvalue weighted by Gasteiger charge is -2.12. The van der Waals surface area contributed by atoms with Crippen LogP contribution in [0.5, 0.6) is 5.75 Å². The number of hydrogen-bond donors (Lipinski definition) is 1. The van der Waals surface area contributed by atoms with Gasteiger partial charge in [0.25, 0.3) is 0 Å². The van der Waals surface area contributed by atoms with E-state index in [0.717, 1.165) is 31.6 Å². The predicted octanol–water partition coefficient (Wildman–Crippen LogP) is 2.70. The van der Waals surface area contributed by atoms with E-state index in [1.807, 2.05) is 12.1 Å². The Morgan fingerprint density at radius 3 is 2.73 bits per heavy atom. The summed E-state index contributed by atoms with van der Waals surface area (Å²) in [5, 5.41) is 0. The van der Waals surface area contributed by atoms with Gasteiger partial charge in [0.05, 0.1) is 7.11 Å². The zero-order valence-electron chi connectivity index (χ0n) is 9.45. The van der Waals surface area contributed by atoms with E-state index >= 15 is 0 Å². The molecule has 0 heterocycles. The van der Waals surface area contributed by atoms with Crippen LogP contribution in [0.2, 0.25) is 0 Å². The summed E-state index contributed by atoms with van der Waals surface area (Å²) in [6, 6.07) is 6.21. The molecular formula is C12H19NOS. The number of thioether (sulfide) groups is 1. The second kappa shape index (κ2) is 6.75. The molecule has 15 heavy (non-hydrogen) atoms. The molecule has 0 aliphatic carbocycles. The maximum atomic E-state index is 5.50. The molecule has 1 aromatic rings. The molecule has 0 spiro atoms. The van der Waals surface area contributed by atoms with Crippen LogP contribution in [0.1, 0.15) is 18.4 Å². The summed E-state index contributed by atoms with van der Waals surface area (Å²) in [7, 11) is 1.73. The Morgan fingerprint density at radius 1 is 1.33 bits per heavy atom. The van der Waals surface area contributed by atoms with Crippen LogP contribution in [0, 0.1) is 0 Å². The van der Waals surface area contributed by atoms with Crippen LogP contribution in [0.15, 0.2) is 23.1 Å². The number of hydrogen-bond acceptors (Lipinski definition) is 3. The van der Waals surface area contributed by atoms with E-state index in [1.54, 1.807) is 18.9 Å².